The van der Waals surface area contributed by atoms with Gasteiger partial charge in [-0.2, -0.15) is 0 Å². The molecule has 0 spiro atoms. The molecule has 1 aromatic heterocycles. The van der Waals surface area contributed by atoms with Crippen LogP contribution < -0.4 is 10.1 Å². The minimum atomic E-state index is -0.449. The first-order valence-electron chi connectivity index (χ1n) is 8.43. The fraction of sp³-hybridized carbons (Fsp3) is 0.474. The number of rotatable bonds is 5. The van der Waals surface area contributed by atoms with Crippen molar-refractivity contribution in [3.05, 3.63) is 35.5 Å². The number of fused-ring (bicyclic) bond motifs is 1. The molecule has 1 aliphatic rings. The van der Waals surface area contributed by atoms with Crippen LogP contribution in [0.1, 0.15) is 28.9 Å². The molecule has 1 saturated heterocycles. The van der Waals surface area contributed by atoms with Gasteiger partial charge in [0.2, 0.25) is 0 Å². The largest absolute Gasteiger partial charge is 0.497 e. The molecule has 1 fully saturated rings. The highest BCUT2D eigenvalue weighted by Gasteiger charge is 2.33. The van der Waals surface area contributed by atoms with Crippen molar-refractivity contribution in [1.82, 2.24) is 10.3 Å². The molecule has 6 nitrogen and oxygen atoms in total. The van der Waals surface area contributed by atoms with Crippen LogP contribution in [0.25, 0.3) is 10.9 Å². The fourth-order valence-electron chi connectivity index (χ4n) is 3.14. The van der Waals surface area contributed by atoms with Gasteiger partial charge in [-0.25, -0.2) is 0 Å². The number of hydrogen-bond acceptors (Lipinski definition) is 5. The summed E-state index contributed by atoms with van der Waals surface area (Å²) in [6.45, 7) is 3.50. The summed E-state index contributed by atoms with van der Waals surface area (Å²) in [6.07, 6.45) is 1.80. The standard InChI is InChI=1S/C19H24N2O4/c1-13-16(10-14-9-15(23-2)5-6-17(14)21-13)18(22)20-11-19(24-3)7-4-8-25-12-19/h5-6,9-10H,4,7-8,11-12H2,1-3H3,(H,20,22). The van der Waals surface area contributed by atoms with Crippen molar-refractivity contribution in [3.8, 4) is 5.75 Å². The summed E-state index contributed by atoms with van der Waals surface area (Å²) in [5, 5.41) is 3.85. The molecule has 1 atom stereocenters. The zero-order valence-corrected chi connectivity index (χ0v) is 14.9. The Bertz CT molecular complexity index is 769. The molecule has 2 heterocycles. The summed E-state index contributed by atoms with van der Waals surface area (Å²) >= 11 is 0. The van der Waals surface area contributed by atoms with Crippen molar-refractivity contribution in [2.75, 3.05) is 34.0 Å². The van der Waals surface area contributed by atoms with E-state index in [1.807, 2.05) is 31.2 Å². The van der Waals surface area contributed by atoms with Crippen molar-refractivity contribution in [1.29, 1.82) is 0 Å². The molecule has 1 aromatic carbocycles. The third kappa shape index (κ3) is 3.75. The maximum Gasteiger partial charge on any atom is 0.253 e. The molecule has 1 aliphatic heterocycles. The van der Waals surface area contributed by atoms with E-state index in [-0.39, 0.29) is 5.91 Å². The molecule has 25 heavy (non-hydrogen) atoms. The van der Waals surface area contributed by atoms with Crippen LogP contribution in [0, 0.1) is 6.92 Å². The van der Waals surface area contributed by atoms with Crippen LogP contribution in [0.15, 0.2) is 24.3 Å². The number of pyridine rings is 1. The quantitative estimate of drug-likeness (QED) is 0.902. The number of nitrogens with zero attached hydrogens (tertiary/aromatic N) is 1. The number of carbonyl (C=O) groups excluding carboxylic acids is 1. The van der Waals surface area contributed by atoms with E-state index >= 15 is 0 Å². The zero-order valence-electron chi connectivity index (χ0n) is 14.9. The SMILES string of the molecule is COc1ccc2nc(C)c(C(=O)NCC3(OC)CCCOC3)cc2c1. The highest BCUT2D eigenvalue weighted by atomic mass is 16.5. The highest BCUT2D eigenvalue weighted by Crippen LogP contribution is 2.24. The van der Waals surface area contributed by atoms with Crippen LogP contribution in [0.3, 0.4) is 0 Å². The van der Waals surface area contributed by atoms with Gasteiger partial charge in [0.15, 0.2) is 0 Å². The summed E-state index contributed by atoms with van der Waals surface area (Å²) < 4.78 is 16.4. The number of hydrogen-bond donors (Lipinski definition) is 1. The Kier molecular flexibility index (Phi) is 5.20. The lowest BCUT2D eigenvalue weighted by atomic mass is 9.96. The van der Waals surface area contributed by atoms with Crippen LogP contribution in [-0.2, 0) is 9.47 Å². The molecule has 0 bridgehead atoms. The molecule has 3 rings (SSSR count). The Balaban J connectivity index is 1.80. The lowest BCUT2D eigenvalue weighted by molar-refractivity contribution is -0.106. The molecule has 1 amide bonds. The fourth-order valence-corrected chi connectivity index (χ4v) is 3.14. The summed E-state index contributed by atoms with van der Waals surface area (Å²) in [5.41, 5.74) is 1.64. The lowest BCUT2D eigenvalue weighted by Gasteiger charge is -2.35. The molecular formula is C19H24N2O4. The van der Waals surface area contributed by atoms with Gasteiger partial charge in [0, 0.05) is 25.6 Å². The van der Waals surface area contributed by atoms with Gasteiger partial charge in [0.05, 0.1) is 30.5 Å². The molecular weight excluding hydrogens is 320 g/mol. The van der Waals surface area contributed by atoms with Gasteiger partial charge in [-0.1, -0.05) is 0 Å². The van der Waals surface area contributed by atoms with E-state index < -0.39 is 5.60 Å². The second-order valence-corrected chi connectivity index (χ2v) is 6.41. The van der Waals surface area contributed by atoms with E-state index in [0.29, 0.717) is 24.4 Å². The molecule has 6 heteroatoms. The van der Waals surface area contributed by atoms with Crippen molar-refractivity contribution in [2.24, 2.45) is 0 Å². The van der Waals surface area contributed by atoms with Crippen LogP contribution in [-0.4, -0.2) is 50.5 Å². The van der Waals surface area contributed by atoms with Gasteiger partial charge >= 0.3 is 0 Å². The van der Waals surface area contributed by atoms with Crippen molar-refractivity contribution >= 4 is 16.8 Å². The van der Waals surface area contributed by atoms with Crippen molar-refractivity contribution in [3.63, 3.8) is 0 Å². The Morgan fingerprint density at radius 2 is 2.20 bits per heavy atom. The number of methoxy groups -OCH3 is 2. The summed E-state index contributed by atoms with van der Waals surface area (Å²) in [4.78, 5) is 17.2. The summed E-state index contributed by atoms with van der Waals surface area (Å²) in [6, 6.07) is 7.48. The minimum Gasteiger partial charge on any atom is -0.497 e. The molecule has 2 aromatic rings. The first kappa shape index (κ1) is 17.6. The van der Waals surface area contributed by atoms with E-state index in [4.69, 9.17) is 14.2 Å². The second-order valence-electron chi connectivity index (χ2n) is 6.41. The normalized spacial score (nSPS) is 20.4. The molecule has 1 N–H and O–H groups in total. The van der Waals surface area contributed by atoms with Gasteiger partial charge in [0.25, 0.3) is 5.91 Å². The van der Waals surface area contributed by atoms with Crippen LogP contribution in [0.2, 0.25) is 0 Å². The van der Waals surface area contributed by atoms with E-state index in [0.717, 1.165) is 36.1 Å². The predicted molar refractivity (Wildman–Crippen MR) is 95.2 cm³/mol. The minimum absolute atomic E-state index is 0.156. The third-order valence-electron chi connectivity index (χ3n) is 4.75. The smallest absolute Gasteiger partial charge is 0.253 e. The first-order chi connectivity index (χ1) is 12.1. The van der Waals surface area contributed by atoms with Gasteiger partial charge in [-0.05, 0) is 44.0 Å². The maximum atomic E-state index is 12.7. The van der Waals surface area contributed by atoms with E-state index in [2.05, 4.69) is 10.3 Å². The molecule has 1 unspecified atom stereocenters. The lowest BCUT2D eigenvalue weighted by Crippen LogP contribution is -2.50. The van der Waals surface area contributed by atoms with Gasteiger partial charge in [0.1, 0.15) is 11.4 Å². The monoisotopic (exact) mass is 344 g/mol. The number of benzene rings is 1. The number of aromatic nitrogens is 1. The van der Waals surface area contributed by atoms with E-state index in [1.54, 1.807) is 14.2 Å². The Labute approximate surface area is 147 Å². The van der Waals surface area contributed by atoms with E-state index in [1.165, 1.54) is 0 Å². The average molecular weight is 344 g/mol. The Morgan fingerprint density at radius 1 is 1.36 bits per heavy atom. The number of carbonyl (C=O) groups is 1. The number of amides is 1. The first-order valence-corrected chi connectivity index (χ1v) is 8.43. The number of ether oxygens (including phenoxy) is 3. The number of aryl methyl sites for hydroxylation is 1. The maximum absolute atomic E-state index is 12.7. The van der Waals surface area contributed by atoms with Gasteiger partial charge in [-0.15, -0.1) is 0 Å². The number of nitrogens with one attached hydrogen (secondary N) is 1. The second kappa shape index (κ2) is 7.37. The topological polar surface area (TPSA) is 69.7 Å². The average Bonchev–Trinajstić information content (AvgIpc) is 2.66. The van der Waals surface area contributed by atoms with E-state index in [9.17, 15) is 4.79 Å². The Hall–Kier alpha value is -2.18. The molecule has 0 aliphatic carbocycles. The van der Waals surface area contributed by atoms with Crippen LogP contribution in [0.4, 0.5) is 0 Å². The predicted octanol–water partition coefficient (Wildman–Crippen LogP) is 2.48. The Morgan fingerprint density at radius 3 is 2.88 bits per heavy atom. The molecule has 134 valence electrons. The van der Waals surface area contributed by atoms with Crippen molar-refractivity contribution in [2.45, 2.75) is 25.4 Å². The third-order valence-corrected chi connectivity index (χ3v) is 4.75. The van der Waals surface area contributed by atoms with Crippen LogP contribution >= 0.6 is 0 Å². The van der Waals surface area contributed by atoms with Crippen molar-refractivity contribution < 1.29 is 19.0 Å². The molecule has 0 radical (unpaired) electrons. The van der Waals surface area contributed by atoms with Crippen LogP contribution in [0.5, 0.6) is 5.75 Å². The summed E-state index contributed by atoms with van der Waals surface area (Å²) in [7, 11) is 3.28. The molecule has 0 saturated carbocycles. The highest BCUT2D eigenvalue weighted by molar-refractivity contribution is 5.98. The zero-order chi connectivity index (χ0) is 17.9. The van der Waals surface area contributed by atoms with Gasteiger partial charge < -0.3 is 19.5 Å². The summed E-state index contributed by atoms with van der Waals surface area (Å²) in [5.74, 6) is 0.582. The van der Waals surface area contributed by atoms with Gasteiger partial charge in [-0.3, -0.25) is 9.78 Å².